The summed E-state index contributed by atoms with van der Waals surface area (Å²) in [4.78, 5) is 37.7. The predicted molar refractivity (Wildman–Crippen MR) is 101 cm³/mol. The predicted octanol–water partition coefficient (Wildman–Crippen LogP) is 3.92. The number of hydrogen-bond donors (Lipinski definition) is 1. The Morgan fingerprint density at radius 3 is 2.65 bits per heavy atom. The summed E-state index contributed by atoms with van der Waals surface area (Å²) >= 11 is 8.23. The van der Waals surface area contributed by atoms with E-state index in [0.29, 0.717) is 19.8 Å². The van der Waals surface area contributed by atoms with Gasteiger partial charge < -0.3 is 14.8 Å². The minimum Gasteiger partial charge on any atom is -0.462 e. The number of anilines is 1. The van der Waals surface area contributed by atoms with E-state index >= 15 is 0 Å². The molecule has 0 saturated carbocycles. The van der Waals surface area contributed by atoms with Crippen molar-refractivity contribution in [1.82, 2.24) is 0 Å². The van der Waals surface area contributed by atoms with E-state index in [9.17, 15) is 14.4 Å². The fraction of sp³-hybridized carbons (Fsp3) is 0.353. The Kier molecular flexibility index (Phi) is 5.95. The number of ether oxygens (including phenoxy) is 2. The standard InChI is InChI=1S/C17H16ClNO5S2/c1-2-23-17(22)14-9-4-3-5-10(9)26-15(14)19-13(20)8-24-16(21)11-6-7-12(18)25-11/h6-7H,2-5,8H2,1H3,(H,19,20). The minimum atomic E-state index is -0.614. The van der Waals surface area contributed by atoms with Crippen LogP contribution < -0.4 is 5.32 Å². The highest BCUT2D eigenvalue weighted by molar-refractivity contribution is 7.18. The van der Waals surface area contributed by atoms with Crippen LogP contribution in [0.15, 0.2) is 12.1 Å². The second-order valence-corrected chi connectivity index (χ2v) is 8.33. The van der Waals surface area contributed by atoms with Crippen molar-refractivity contribution < 1.29 is 23.9 Å². The number of amides is 1. The first-order valence-electron chi connectivity index (χ1n) is 8.03. The van der Waals surface area contributed by atoms with Gasteiger partial charge in [-0.3, -0.25) is 4.79 Å². The lowest BCUT2D eigenvalue weighted by Crippen LogP contribution is -2.21. The number of thiophene rings is 2. The zero-order chi connectivity index (χ0) is 18.7. The molecule has 2 aromatic heterocycles. The molecule has 1 N–H and O–H groups in total. The van der Waals surface area contributed by atoms with Crippen LogP contribution in [0.25, 0.3) is 0 Å². The van der Waals surface area contributed by atoms with Crippen LogP contribution in [0.4, 0.5) is 5.00 Å². The van der Waals surface area contributed by atoms with Crippen LogP contribution in [-0.4, -0.2) is 31.1 Å². The summed E-state index contributed by atoms with van der Waals surface area (Å²) < 4.78 is 10.6. The molecule has 0 bridgehead atoms. The van der Waals surface area contributed by atoms with E-state index in [-0.39, 0.29) is 6.61 Å². The quantitative estimate of drug-likeness (QED) is 0.725. The van der Waals surface area contributed by atoms with E-state index in [2.05, 4.69) is 5.32 Å². The van der Waals surface area contributed by atoms with Crippen molar-refractivity contribution in [2.75, 3.05) is 18.5 Å². The van der Waals surface area contributed by atoms with Gasteiger partial charge in [0.2, 0.25) is 0 Å². The number of esters is 2. The number of hydrogen-bond acceptors (Lipinski definition) is 7. The van der Waals surface area contributed by atoms with Crippen molar-refractivity contribution in [2.24, 2.45) is 0 Å². The Labute approximate surface area is 163 Å². The summed E-state index contributed by atoms with van der Waals surface area (Å²) in [7, 11) is 0. The summed E-state index contributed by atoms with van der Waals surface area (Å²) in [5, 5.41) is 3.12. The van der Waals surface area contributed by atoms with E-state index in [1.54, 1.807) is 13.0 Å². The second-order valence-electron chi connectivity index (χ2n) is 5.51. The molecule has 0 spiro atoms. The molecule has 0 aliphatic heterocycles. The number of rotatable bonds is 6. The molecular formula is C17H16ClNO5S2. The number of aryl methyl sites for hydroxylation is 1. The second kappa shape index (κ2) is 8.20. The van der Waals surface area contributed by atoms with Gasteiger partial charge in [0.25, 0.3) is 5.91 Å². The third-order valence-electron chi connectivity index (χ3n) is 3.76. The SMILES string of the molecule is CCOC(=O)c1c(NC(=O)COC(=O)c2ccc(Cl)s2)sc2c1CCC2. The lowest BCUT2D eigenvalue weighted by atomic mass is 10.1. The topological polar surface area (TPSA) is 81.7 Å². The van der Waals surface area contributed by atoms with Gasteiger partial charge in [-0.1, -0.05) is 11.6 Å². The summed E-state index contributed by atoms with van der Waals surface area (Å²) in [6.45, 7) is 1.55. The van der Waals surface area contributed by atoms with Crippen LogP contribution >= 0.6 is 34.3 Å². The Morgan fingerprint density at radius 2 is 1.96 bits per heavy atom. The van der Waals surface area contributed by atoms with Crippen LogP contribution in [-0.2, 0) is 27.1 Å². The molecule has 0 fully saturated rings. The van der Waals surface area contributed by atoms with Crippen LogP contribution in [0.3, 0.4) is 0 Å². The molecule has 1 amide bonds. The van der Waals surface area contributed by atoms with Crippen molar-refractivity contribution in [3.63, 3.8) is 0 Å². The van der Waals surface area contributed by atoms with Crippen molar-refractivity contribution in [1.29, 1.82) is 0 Å². The third-order valence-corrected chi connectivity index (χ3v) is 6.18. The van der Waals surface area contributed by atoms with Gasteiger partial charge in [0, 0.05) is 4.88 Å². The number of carbonyl (C=O) groups excluding carboxylic acids is 3. The van der Waals surface area contributed by atoms with Gasteiger partial charge >= 0.3 is 11.9 Å². The largest absolute Gasteiger partial charge is 0.462 e. The molecule has 6 nitrogen and oxygen atoms in total. The van der Waals surface area contributed by atoms with Gasteiger partial charge in [-0.25, -0.2) is 9.59 Å². The average Bonchev–Trinajstić information content (AvgIpc) is 3.28. The molecule has 0 aromatic carbocycles. The Hall–Kier alpha value is -1.90. The molecule has 0 atom stereocenters. The summed E-state index contributed by atoms with van der Waals surface area (Å²) in [6, 6.07) is 3.12. The number of nitrogens with one attached hydrogen (secondary N) is 1. The van der Waals surface area contributed by atoms with Crippen molar-refractivity contribution in [3.8, 4) is 0 Å². The summed E-state index contributed by atoms with van der Waals surface area (Å²) in [5.41, 5.74) is 1.38. The summed E-state index contributed by atoms with van der Waals surface area (Å²) in [6.07, 6.45) is 2.67. The lowest BCUT2D eigenvalue weighted by molar-refractivity contribution is -0.119. The summed E-state index contributed by atoms with van der Waals surface area (Å²) in [5.74, 6) is -1.56. The molecule has 2 heterocycles. The van der Waals surface area contributed by atoms with E-state index in [4.69, 9.17) is 21.1 Å². The normalized spacial score (nSPS) is 12.5. The number of carbonyl (C=O) groups is 3. The van der Waals surface area contributed by atoms with Gasteiger partial charge in [0.1, 0.15) is 9.88 Å². The highest BCUT2D eigenvalue weighted by Crippen LogP contribution is 2.39. The number of fused-ring (bicyclic) bond motifs is 1. The molecule has 0 unspecified atom stereocenters. The van der Waals surface area contributed by atoms with E-state index in [0.717, 1.165) is 41.0 Å². The van der Waals surface area contributed by atoms with Gasteiger partial charge in [-0.05, 0) is 43.9 Å². The zero-order valence-corrected chi connectivity index (χ0v) is 16.3. The Balaban J connectivity index is 1.66. The molecule has 3 rings (SSSR count). The van der Waals surface area contributed by atoms with Gasteiger partial charge in [-0.2, -0.15) is 0 Å². The molecule has 138 valence electrons. The highest BCUT2D eigenvalue weighted by Gasteiger charge is 2.28. The molecule has 9 heteroatoms. The fourth-order valence-corrected chi connectivity index (χ4v) is 4.93. The van der Waals surface area contributed by atoms with E-state index in [1.807, 2.05) is 0 Å². The lowest BCUT2D eigenvalue weighted by Gasteiger charge is -2.08. The first-order valence-corrected chi connectivity index (χ1v) is 10.0. The highest BCUT2D eigenvalue weighted by atomic mass is 35.5. The molecule has 0 radical (unpaired) electrons. The van der Waals surface area contributed by atoms with Gasteiger partial charge in [0.05, 0.1) is 16.5 Å². The monoisotopic (exact) mass is 413 g/mol. The fourth-order valence-electron chi connectivity index (χ4n) is 2.70. The maximum atomic E-state index is 12.3. The van der Waals surface area contributed by atoms with Crippen molar-refractivity contribution in [2.45, 2.75) is 26.2 Å². The third kappa shape index (κ3) is 4.08. The maximum absolute atomic E-state index is 12.3. The van der Waals surface area contributed by atoms with Crippen molar-refractivity contribution >= 4 is 57.1 Å². The Morgan fingerprint density at radius 1 is 1.15 bits per heavy atom. The molecule has 2 aromatic rings. The van der Waals surface area contributed by atoms with Crippen LogP contribution in [0.1, 0.15) is 43.8 Å². The minimum absolute atomic E-state index is 0.262. The van der Waals surface area contributed by atoms with Crippen molar-refractivity contribution in [3.05, 3.63) is 37.4 Å². The molecule has 1 aliphatic carbocycles. The zero-order valence-electron chi connectivity index (χ0n) is 13.9. The number of halogens is 1. The van der Waals surface area contributed by atoms with Gasteiger partial charge in [0.15, 0.2) is 6.61 Å². The van der Waals surface area contributed by atoms with Crippen LogP contribution in [0.5, 0.6) is 0 Å². The average molecular weight is 414 g/mol. The first kappa shape index (κ1) is 18.9. The molecule has 0 saturated heterocycles. The van der Waals surface area contributed by atoms with Crippen LogP contribution in [0, 0.1) is 0 Å². The van der Waals surface area contributed by atoms with E-state index in [1.165, 1.54) is 17.4 Å². The van der Waals surface area contributed by atoms with Gasteiger partial charge in [-0.15, -0.1) is 22.7 Å². The first-order chi connectivity index (χ1) is 12.5. The maximum Gasteiger partial charge on any atom is 0.348 e. The molecule has 26 heavy (non-hydrogen) atoms. The van der Waals surface area contributed by atoms with E-state index < -0.39 is 24.5 Å². The Bertz CT molecular complexity index is 857. The van der Waals surface area contributed by atoms with Crippen LogP contribution in [0.2, 0.25) is 4.34 Å². The molecular weight excluding hydrogens is 398 g/mol. The molecule has 1 aliphatic rings. The smallest absolute Gasteiger partial charge is 0.348 e.